The van der Waals surface area contributed by atoms with E-state index in [-0.39, 0.29) is 12.6 Å². The fraction of sp³-hybridized carbons (Fsp3) is 0.647. The van der Waals surface area contributed by atoms with E-state index in [1.165, 1.54) is 44.1 Å². The number of benzene rings is 1. The van der Waals surface area contributed by atoms with Gasteiger partial charge in [0.05, 0.1) is 12.6 Å². The number of rotatable bonds is 6. The number of aliphatic hydroxyl groups is 1. The van der Waals surface area contributed by atoms with Gasteiger partial charge in [0.1, 0.15) is 0 Å². The van der Waals surface area contributed by atoms with E-state index in [0.29, 0.717) is 6.04 Å². The number of hydrogen-bond acceptors (Lipinski definition) is 2. The Bertz CT molecular complexity index is 350. The quantitative estimate of drug-likeness (QED) is 0.819. The third kappa shape index (κ3) is 4.05. The maximum absolute atomic E-state index is 9.66. The van der Waals surface area contributed by atoms with Gasteiger partial charge in [-0.2, -0.15) is 0 Å². The van der Waals surface area contributed by atoms with Gasteiger partial charge in [-0.25, -0.2) is 0 Å². The van der Waals surface area contributed by atoms with Crippen molar-refractivity contribution in [1.29, 1.82) is 0 Å². The average Bonchev–Trinajstić information content (AvgIpc) is 2.47. The minimum atomic E-state index is 0.0867. The lowest BCUT2D eigenvalue weighted by molar-refractivity contribution is 0.184. The van der Waals surface area contributed by atoms with Crippen LogP contribution >= 0.6 is 0 Å². The second-order valence-corrected chi connectivity index (χ2v) is 5.75. The molecule has 1 aromatic rings. The van der Waals surface area contributed by atoms with E-state index in [0.717, 1.165) is 5.92 Å². The van der Waals surface area contributed by atoms with Crippen LogP contribution in [0.5, 0.6) is 0 Å². The molecule has 19 heavy (non-hydrogen) atoms. The molecule has 0 radical (unpaired) electrons. The highest BCUT2D eigenvalue weighted by molar-refractivity contribution is 5.19. The van der Waals surface area contributed by atoms with Gasteiger partial charge in [-0.15, -0.1) is 0 Å². The molecular weight excluding hydrogens is 234 g/mol. The Labute approximate surface area is 117 Å². The molecule has 106 valence electrons. The standard InChI is InChI=1S/C17H27NO/c1-2-8-14-11-6-7-12-16(14)18-17(13-19)15-9-4-3-5-10-15/h3-5,9-10,14,16-19H,2,6-8,11-13H2,1H3/t14?,16?,17-/m0/s1. The summed E-state index contributed by atoms with van der Waals surface area (Å²) in [6, 6.07) is 11.0. The van der Waals surface area contributed by atoms with Crippen LogP contribution in [0.3, 0.4) is 0 Å². The molecule has 2 rings (SSSR count). The summed E-state index contributed by atoms with van der Waals surface area (Å²) in [4.78, 5) is 0. The molecule has 0 aromatic heterocycles. The molecule has 2 nitrogen and oxygen atoms in total. The van der Waals surface area contributed by atoms with Crippen molar-refractivity contribution in [3.8, 4) is 0 Å². The van der Waals surface area contributed by atoms with E-state index in [2.05, 4.69) is 24.4 Å². The van der Waals surface area contributed by atoms with E-state index >= 15 is 0 Å². The Balaban J connectivity index is 2.00. The molecule has 0 spiro atoms. The maximum atomic E-state index is 9.66. The second kappa shape index (κ2) is 7.66. The fourth-order valence-electron chi connectivity index (χ4n) is 3.34. The van der Waals surface area contributed by atoms with Gasteiger partial charge >= 0.3 is 0 Å². The van der Waals surface area contributed by atoms with Gasteiger partial charge in [0, 0.05) is 6.04 Å². The molecule has 0 aliphatic heterocycles. The third-order valence-electron chi connectivity index (χ3n) is 4.37. The predicted molar refractivity (Wildman–Crippen MR) is 80.1 cm³/mol. The van der Waals surface area contributed by atoms with Crippen molar-refractivity contribution in [3.05, 3.63) is 35.9 Å². The van der Waals surface area contributed by atoms with Crippen molar-refractivity contribution in [2.45, 2.75) is 57.5 Å². The van der Waals surface area contributed by atoms with Gasteiger partial charge < -0.3 is 10.4 Å². The van der Waals surface area contributed by atoms with Gasteiger partial charge in [-0.1, -0.05) is 56.5 Å². The maximum Gasteiger partial charge on any atom is 0.0626 e. The van der Waals surface area contributed by atoms with Crippen molar-refractivity contribution in [2.24, 2.45) is 5.92 Å². The largest absolute Gasteiger partial charge is 0.394 e. The van der Waals surface area contributed by atoms with Crippen LogP contribution in [-0.2, 0) is 0 Å². The molecule has 1 aromatic carbocycles. The van der Waals surface area contributed by atoms with Gasteiger partial charge in [0.15, 0.2) is 0 Å². The van der Waals surface area contributed by atoms with Crippen LogP contribution in [0, 0.1) is 5.92 Å². The molecule has 0 saturated heterocycles. The smallest absolute Gasteiger partial charge is 0.0626 e. The van der Waals surface area contributed by atoms with Crippen LogP contribution in [0.1, 0.15) is 57.1 Å². The lowest BCUT2D eigenvalue weighted by Gasteiger charge is -2.35. The molecule has 3 atom stereocenters. The van der Waals surface area contributed by atoms with E-state index < -0.39 is 0 Å². The monoisotopic (exact) mass is 261 g/mol. The topological polar surface area (TPSA) is 32.3 Å². The highest BCUT2D eigenvalue weighted by Crippen LogP contribution is 2.29. The highest BCUT2D eigenvalue weighted by atomic mass is 16.3. The van der Waals surface area contributed by atoms with Crippen LogP contribution in [-0.4, -0.2) is 17.8 Å². The zero-order valence-corrected chi connectivity index (χ0v) is 12.0. The van der Waals surface area contributed by atoms with E-state index in [9.17, 15) is 5.11 Å². The molecule has 1 aliphatic carbocycles. The Morgan fingerprint density at radius 1 is 1.21 bits per heavy atom. The second-order valence-electron chi connectivity index (χ2n) is 5.75. The van der Waals surface area contributed by atoms with Crippen molar-refractivity contribution in [1.82, 2.24) is 5.32 Å². The Morgan fingerprint density at radius 3 is 2.63 bits per heavy atom. The van der Waals surface area contributed by atoms with Crippen molar-refractivity contribution < 1.29 is 5.11 Å². The molecule has 1 saturated carbocycles. The number of nitrogens with one attached hydrogen (secondary N) is 1. The molecule has 2 unspecified atom stereocenters. The number of aliphatic hydroxyl groups excluding tert-OH is 1. The van der Waals surface area contributed by atoms with Gasteiger partial charge in [-0.05, 0) is 30.7 Å². The first-order chi connectivity index (χ1) is 9.35. The van der Waals surface area contributed by atoms with Crippen LogP contribution in [0.4, 0.5) is 0 Å². The predicted octanol–water partition coefficient (Wildman–Crippen LogP) is 3.67. The fourth-order valence-corrected chi connectivity index (χ4v) is 3.34. The highest BCUT2D eigenvalue weighted by Gasteiger charge is 2.26. The van der Waals surface area contributed by atoms with Crippen LogP contribution < -0.4 is 5.32 Å². The van der Waals surface area contributed by atoms with Crippen molar-refractivity contribution in [3.63, 3.8) is 0 Å². The van der Waals surface area contributed by atoms with Gasteiger partial charge in [-0.3, -0.25) is 0 Å². The minimum absolute atomic E-state index is 0.0867. The Kier molecular flexibility index (Phi) is 5.87. The van der Waals surface area contributed by atoms with Crippen LogP contribution in [0.25, 0.3) is 0 Å². The molecule has 0 heterocycles. The zero-order valence-electron chi connectivity index (χ0n) is 12.0. The summed E-state index contributed by atoms with van der Waals surface area (Å²) in [5.41, 5.74) is 1.20. The Hall–Kier alpha value is -0.860. The van der Waals surface area contributed by atoms with Crippen LogP contribution in [0.15, 0.2) is 30.3 Å². The van der Waals surface area contributed by atoms with Gasteiger partial charge in [0.25, 0.3) is 0 Å². The molecular formula is C17H27NO. The van der Waals surface area contributed by atoms with E-state index in [4.69, 9.17) is 0 Å². The van der Waals surface area contributed by atoms with Crippen LogP contribution in [0.2, 0.25) is 0 Å². The zero-order chi connectivity index (χ0) is 13.5. The molecule has 1 aliphatic rings. The lowest BCUT2D eigenvalue weighted by atomic mass is 9.81. The summed E-state index contributed by atoms with van der Waals surface area (Å²) in [6.07, 6.45) is 7.87. The summed E-state index contributed by atoms with van der Waals surface area (Å²) in [5.74, 6) is 0.788. The van der Waals surface area contributed by atoms with Crippen molar-refractivity contribution >= 4 is 0 Å². The van der Waals surface area contributed by atoms with Crippen molar-refractivity contribution in [2.75, 3.05) is 6.61 Å². The molecule has 1 fully saturated rings. The van der Waals surface area contributed by atoms with E-state index in [1.54, 1.807) is 0 Å². The van der Waals surface area contributed by atoms with Gasteiger partial charge in [0.2, 0.25) is 0 Å². The molecule has 0 bridgehead atoms. The molecule has 0 amide bonds. The third-order valence-corrected chi connectivity index (χ3v) is 4.37. The summed E-state index contributed by atoms with van der Waals surface area (Å²) in [5, 5.41) is 13.4. The average molecular weight is 261 g/mol. The first-order valence-electron chi connectivity index (χ1n) is 7.77. The SMILES string of the molecule is CCCC1CCCCC1N[C@@H](CO)c1ccccc1. The summed E-state index contributed by atoms with van der Waals surface area (Å²) < 4.78 is 0. The summed E-state index contributed by atoms with van der Waals surface area (Å²) >= 11 is 0. The molecule has 2 heteroatoms. The Morgan fingerprint density at radius 2 is 1.95 bits per heavy atom. The normalized spacial score (nSPS) is 25.2. The van der Waals surface area contributed by atoms with E-state index in [1.807, 2.05) is 18.2 Å². The first-order valence-corrected chi connectivity index (χ1v) is 7.77. The number of hydrogen-bond donors (Lipinski definition) is 2. The summed E-state index contributed by atoms with van der Waals surface area (Å²) in [6.45, 7) is 2.45. The first kappa shape index (κ1) is 14.5. The molecule has 2 N–H and O–H groups in total. The lowest BCUT2D eigenvalue weighted by Crippen LogP contribution is -2.41. The summed E-state index contributed by atoms with van der Waals surface area (Å²) in [7, 11) is 0. The minimum Gasteiger partial charge on any atom is -0.394 e.